The maximum atomic E-state index is 12.8. The number of morpholine rings is 1. The molecule has 4 nitrogen and oxygen atoms in total. The summed E-state index contributed by atoms with van der Waals surface area (Å²) in [5.74, 6) is -0.637. The number of halogens is 1. The summed E-state index contributed by atoms with van der Waals surface area (Å²) in [6, 6.07) is 3.02. The lowest BCUT2D eigenvalue weighted by molar-refractivity contribution is -0.0523. The number of rotatable bonds is 4. The van der Waals surface area contributed by atoms with E-state index < -0.39 is 5.82 Å². The highest BCUT2D eigenvalue weighted by atomic mass is 19.1. The van der Waals surface area contributed by atoms with E-state index in [1.54, 1.807) is 0 Å². The van der Waals surface area contributed by atoms with Crippen molar-refractivity contribution in [3.63, 3.8) is 0 Å². The lowest BCUT2D eigenvalue weighted by Crippen LogP contribution is -2.49. The van der Waals surface area contributed by atoms with E-state index in [1.165, 1.54) is 12.1 Å². The van der Waals surface area contributed by atoms with E-state index in [4.69, 9.17) is 4.74 Å². The van der Waals surface area contributed by atoms with Crippen LogP contribution in [0.2, 0.25) is 0 Å². The fraction of sp³-hybridized carbons (Fsp3) is 0.600. The first kappa shape index (κ1) is 15.1. The van der Waals surface area contributed by atoms with E-state index in [-0.39, 0.29) is 17.8 Å². The van der Waals surface area contributed by atoms with Gasteiger partial charge in [-0.05, 0) is 26.0 Å². The Morgan fingerprint density at radius 3 is 2.95 bits per heavy atom. The van der Waals surface area contributed by atoms with Crippen LogP contribution in [0.15, 0.2) is 18.3 Å². The summed E-state index contributed by atoms with van der Waals surface area (Å²) in [4.78, 5) is 18.4. The van der Waals surface area contributed by atoms with Crippen molar-refractivity contribution in [2.24, 2.45) is 5.92 Å². The molecule has 5 heteroatoms. The molecule has 1 aromatic heterocycles. The van der Waals surface area contributed by atoms with Crippen molar-refractivity contribution >= 4 is 5.78 Å². The average molecular weight is 280 g/mol. The fourth-order valence-electron chi connectivity index (χ4n) is 2.44. The normalized spacial score (nSPS) is 25.4. The van der Waals surface area contributed by atoms with Gasteiger partial charge in [-0.25, -0.2) is 4.39 Å². The molecule has 0 aliphatic carbocycles. The van der Waals surface area contributed by atoms with Crippen molar-refractivity contribution in [2.45, 2.75) is 32.9 Å². The lowest BCUT2D eigenvalue weighted by Gasteiger charge is -2.37. The third-order valence-electron chi connectivity index (χ3n) is 3.67. The van der Waals surface area contributed by atoms with Crippen molar-refractivity contribution in [1.29, 1.82) is 0 Å². The first-order valence-electron chi connectivity index (χ1n) is 6.98. The zero-order valence-corrected chi connectivity index (χ0v) is 12.2. The molecule has 1 aliphatic heterocycles. The Morgan fingerprint density at radius 1 is 1.55 bits per heavy atom. The minimum atomic E-state index is -0.426. The number of aromatic nitrogens is 1. The van der Waals surface area contributed by atoms with Crippen LogP contribution in [-0.4, -0.2) is 47.5 Å². The van der Waals surface area contributed by atoms with Crippen molar-refractivity contribution in [3.05, 3.63) is 29.8 Å². The van der Waals surface area contributed by atoms with Crippen LogP contribution in [0.1, 0.15) is 31.3 Å². The molecule has 110 valence electrons. The first-order valence-corrected chi connectivity index (χ1v) is 6.98. The Hall–Kier alpha value is -1.33. The molecule has 0 spiro atoms. The summed E-state index contributed by atoms with van der Waals surface area (Å²) in [6.07, 6.45) is 1.27. The molecule has 0 N–H and O–H groups in total. The zero-order chi connectivity index (χ0) is 14.7. The first-order chi connectivity index (χ1) is 9.47. The number of pyridine rings is 1. The average Bonchev–Trinajstić information content (AvgIpc) is 2.43. The van der Waals surface area contributed by atoms with Gasteiger partial charge in [-0.3, -0.25) is 14.7 Å². The van der Waals surface area contributed by atoms with Crippen molar-refractivity contribution in [3.8, 4) is 0 Å². The minimum absolute atomic E-state index is 0.0451. The highest BCUT2D eigenvalue weighted by molar-refractivity contribution is 5.95. The SMILES string of the molecule is CC1CN(CC(C)C(=O)c2ccc(F)cn2)C(C)CO1. The van der Waals surface area contributed by atoms with Gasteiger partial charge in [-0.1, -0.05) is 6.92 Å². The number of hydrogen-bond acceptors (Lipinski definition) is 4. The number of ether oxygens (including phenoxy) is 1. The third-order valence-corrected chi connectivity index (χ3v) is 3.67. The van der Waals surface area contributed by atoms with Crippen molar-refractivity contribution < 1.29 is 13.9 Å². The molecule has 0 bridgehead atoms. The maximum absolute atomic E-state index is 12.8. The van der Waals surface area contributed by atoms with Crippen LogP contribution in [-0.2, 0) is 4.74 Å². The molecule has 0 amide bonds. The summed E-state index contributed by atoms with van der Waals surface area (Å²) >= 11 is 0. The molecule has 20 heavy (non-hydrogen) atoms. The summed E-state index contributed by atoms with van der Waals surface area (Å²) in [6.45, 7) is 8.21. The standard InChI is InChI=1S/C15H21FN2O2/c1-10(7-18-8-12(3)20-9-11(18)2)15(19)14-5-4-13(16)6-17-14/h4-6,10-12H,7-9H2,1-3H3. The van der Waals surface area contributed by atoms with Gasteiger partial charge in [0, 0.05) is 25.0 Å². The number of carbonyl (C=O) groups excluding carboxylic acids is 1. The Bertz CT molecular complexity index is 463. The van der Waals surface area contributed by atoms with Crippen LogP contribution in [0.25, 0.3) is 0 Å². The van der Waals surface area contributed by atoms with E-state index in [9.17, 15) is 9.18 Å². The smallest absolute Gasteiger partial charge is 0.185 e. The molecule has 0 radical (unpaired) electrons. The van der Waals surface area contributed by atoms with Gasteiger partial charge in [-0.2, -0.15) is 0 Å². The summed E-state index contributed by atoms with van der Waals surface area (Å²) in [5, 5.41) is 0. The second-order valence-electron chi connectivity index (χ2n) is 5.57. The van der Waals surface area contributed by atoms with Crippen LogP contribution < -0.4 is 0 Å². The molecule has 2 rings (SSSR count). The molecule has 1 fully saturated rings. The molecular formula is C15H21FN2O2. The van der Waals surface area contributed by atoms with Gasteiger partial charge in [-0.15, -0.1) is 0 Å². The summed E-state index contributed by atoms with van der Waals surface area (Å²) < 4.78 is 18.4. The molecule has 3 unspecified atom stereocenters. The predicted molar refractivity (Wildman–Crippen MR) is 74.1 cm³/mol. The van der Waals surface area contributed by atoms with Gasteiger partial charge >= 0.3 is 0 Å². The Labute approximate surface area is 118 Å². The Kier molecular flexibility index (Phi) is 4.83. The van der Waals surface area contributed by atoms with E-state index >= 15 is 0 Å². The summed E-state index contributed by atoms with van der Waals surface area (Å²) in [5.41, 5.74) is 0.327. The van der Waals surface area contributed by atoms with E-state index in [1.807, 2.05) is 13.8 Å². The molecule has 1 saturated heterocycles. The highest BCUT2D eigenvalue weighted by Gasteiger charge is 2.27. The Morgan fingerprint density at radius 2 is 2.30 bits per heavy atom. The van der Waals surface area contributed by atoms with Crippen LogP contribution in [0.3, 0.4) is 0 Å². The molecule has 0 saturated carbocycles. The topological polar surface area (TPSA) is 42.4 Å². The predicted octanol–water partition coefficient (Wildman–Crippen LogP) is 2.15. The molecule has 0 aromatic carbocycles. The van der Waals surface area contributed by atoms with Gasteiger partial charge in [0.1, 0.15) is 11.5 Å². The highest BCUT2D eigenvalue weighted by Crippen LogP contribution is 2.15. The number of hydrogen-bond donors (Lipinski definition) is 0. The maximum Gasteiger partial charge on any atom is 0.185 e. The van der Waals surface area contributed by atoms with Gasteiger partial charge in [0.25, 0.3) is 0 Å². The zero-order valence-electron chi connectivity index (χ0n) is 12.2. The number of carbonyl (C=O) groups is 1. The van der Waals surface area contributed by atoms with E-state index in [0.717, 1.165) is 12.7 Å². The van der Waals surface area contributed by atoms with Crippen molar-refractivity contribution in [2.75, 3.05) is 19.7 Å². The van der Waals surface area contributed by atoms with Gasteiger partial charge in [0.15, 0.2) is 5.78 Å². The van der Waals surface area contributed by atoms with E-state index in [0.29, 0.717) is 24.9 Å². The number of nitrogens with zero attached hydrogens (tertiary/aromatic N) is 2. The fourth-order valence-corrected chi connectivity index (χ4v) is 2.44. The molecule has 3 atom stereocenters. The van der Waals surface area contributed by atoms with Crippen LogP contribution in [0.5, 0.6) is 0 Å². The van der Waals surface area contributed by atoms with Gasteiger partial charge < -0.3 is 4.74 Å². The largest absolute Gasteiger partial charge is 0.376 e. The quantitative estimate of drug-likeness (QED) is 0.793. The number of ketones is 1. The molecular weight excluding hydrogens is 259 g/mol. The van der Waals surface area contributed by atoms with Crippen LogP contribution in [0, 0.1) is 11.7 Å². The monoisotopic (exact) mass is 280 g/mol. The molecule has 1 aromatic rings. The number of Topliss-reactive ketones (excluding diaryl/α,β-unsaturated/α-hetero) is 1. The van der Waals surface area contributed by atoms with Crippen LogP contribution in [0.4, 0.5) is 4.39 Å². The van der Waals surface area contributed by atoms with Gasteiger partial charge in [0.05, 0.1) is 18.9 Å². The second-order valence-corrected chi connectivity index (χ2v) is 5.57. The second kappa shape index (κ2) is 6.41. The minimum Gasteiger partial charge on any atom is -0.376 e. The van der Waals surface area contributed by atoms with Gasteiger partial charge in [0.2, 0.25) is 0 Å². The summed E-state index contributed by atoms with van der Waals surface area (Å²) in [7, 11) is 0. The third kappa shape index (κ3) is 3.61. The molecule has 1 aliphatic rings. The van der Waals surface area contributed by atoms with Crippen molar-refractivity contribution in [1.82, 2.24) is 9.88 Å². The van der Waals surface area contributed by atoms with Crippen LogP contribution >= 0.6 is 0 Å². The lowest BCUT2D eigenvalue weighted by atomic mass is 10.0. The molecule has 2 heterocycles. The Balaban J connectivity index is 1.98. The van der Waals surface area contributed by atoms with E-state index in [2.05, 4.69) is 16.8 Å².